The number of rotatable bonds is 3. The number of carbonyl (C=O) groups is 1. The lowest BCUT2D eigenvalue weighted by molar-refractivity contribution is -0.123. The average molecular weight is 399 g/mol. The third kappa shape index (κ3) is 2.81. The van der Waals surface area contributed by atoms with Gasteiger partial charge in [0.25, 0.3) is 10.0 Å². The summed E-state index contributed by atoms with van der Waals surface area (Å²) >= 11 is 0. The molecule has 10 heteroatoms. The predicted octanol–water partition coefficient (Wildman–Crippen LogP) is 1.12. The molecule has 0 aliphatic carbocycles. The highest BCUT2D eigenvalue weighted by atomic mass is 32.2. The van der Waals surface area contributed by atoms with Crippen molar-refractivity contribution < 1.29 is 21.6 Å². The van der Waals surface area contributed by atoms with Crippen LogP contribution in [0.1, 0.15) is 26.3 Å². The number of amidine groups is 1. The molecule has 8 nitrogen and oxygen atoms in total. The molecule has 1 aromatic rings. The molecule has 1 amide bonds. The Hall–Kier alpha value is -1.94. The number of nitrogens with zero attached hydrogens (tertiary/aromatic N) is 3. The first-order chi connectivity index (χ1) is 11.9. The van der Waals surface area contributed by atoms with Gasteiger partial charge in [-0.05, 0) is 51.5 Å². The van der Waals surface area contributed by atoms with Crippen molar-refractivity contribution >= 4 is 37.5 Å². The van der Waals surface area contributed by atoms with Crippen LogP contribution in [0.3, 0.4) is 0 Å². The molecule has 2 aliphatic heterocycles. The van der Waals surface area contributed by atoms with Gasteiger partial charge in [0, 0.05) is 0 Å². The van der Waals surface area contributed by atoms with E-state index in [4.69, 9.17) is 0 Å². The first kappa shape index (κ1) is 18.8. The SMILES string of the molecule is CC1=NCCN1S(=O)(=O)c1ccc(N2C(=O)C(C)(C)CS2(=O)=O)cc1C. The Morgan fingerprint density at radius 2 is 1.85 bits per heavy atom. The minimum Gasteiger partial charge on any atom is -0.273 e. The number of anilines is 1. The Morgan fingerprint density at radius 3 is 2.31 bits per heavy atom. The number of benzene rings is 1. The molecule has 2 aliphatic rings. The number of sulfonamides is 2. The Kier molecular flexibility index (Phi) is 4.19. The largest absolute Gasteiger partial charge is 0.273 e. The zero-order valence-electron chi connectivity index (χ0n) is 15.1. The van der Waals surface area contributed by atoms with Crippen LogP contribution in [0.15, 0.2) is 28.1 Å². The molecular formula is C16H21N3O5S2. The molecule has 1 saturated heterocycles. The highest BCUT2D eigenvalue weighted by Gasteiger charge is 2.50. The first-order valence-corrected chi connectivity index (χ1v) is 11.1. The Labute approximate surface area is 153 Å². The van der Waals surface area contributed by atoms with Gasteiger partial charge in [0.1, 0.15) is 5.84 Å². The lowest BCUT2D eigenvalue weighted by Gasteiger charge is -2.22. The fourth-order valence-corrected chi connectivity index (χ4v) is 7.04. The fourth-order valence-electron chi connectivity index (χ4n) is 3.27. The van der Waals surface area contributed by atoms with E-state index in [1.165, 1.54) is 22.5 Å². The molecule has 0 spiro atoms. The molecule has 1 fully saturated rings. The van der Waals surface area contributed by atoms with E-state index >= 15 is 0 Å². The summed E-state index contributed by atoms with van der Waals surface area (Å²) in [6.07, 6.45) is 0. The Balaban J connectivity index is 2.04. The van der Waals surface area contributed by atoms with Gasteiger partial charge in [0.15, 0.2) is 0 Å². The highest BCUT2D eigenvalue weighted by molar-refractivity contribution is 7.94. The van der Waals surface area contributed by atoms with E-state index in [9.17, 15) is 21.6 Å². The van der Waals surface area contributed by atoms with E-state index in [0.717, 1.165) is 4.31 Å². The average Bonchev–Trinajstić information content (AvgIpc) is 2.98. The van der Waals surface area contributed by atoms with Gasteiger partial charge in [-0.25, -0.2) is 21.1 Å². The predicted molar refractivity (Wildman–Crippen MR) is 98.1 cm³/mol. The van der Waals surface area contributed by atoms with E-state index in [1.807, 2.05) is 0 Å². The molecular weight excluding hydrogens is 378 g/mol. The topological polar surface area (TPSA) is 104 Å². The fraction of sp³-hybridized carbons (Fsp3) is 0.500. The zero-order chi connectivity index (χ0) is 19.5. The maximum atomic E-state index is 12.8. The van der Waals surface area contributed by atoms with E-state index in [0.29, 0.717) is 17.9 Å². The summed E-state index contributed by atoms with van der Waals surface area (Å²) in [5.74, 6) is -0.371. The summed E-state index contributed by atoms with van der Waals surface area (Å²) in [5, 5.41) is 0. The molecule has 0 N–H and O–H groups in total. The second kappa shape index (κ2) is 5.78. The second-order valence-electron chi connectivity index (χ2n) is 7.17. The van der Waals surface area contributed by atoms with Crippen molar-refractivity contribution in [3.05, 3.63) is 23.8 Å². The van der Waals surface area contributed by atoms with Crippen molar-refractivity contribution in [1.82, 2.24) is 4.31 Å². The minimum absolute atomic E-state index is 0.0704. The van der Waals surface area contributed by atoms with Crippen LogP contribution in [0, 0.1) is 12.3 Å². The van der Waals surface area contributed by atoms with E-state index < -0.39 is 31.4 Å². The third-order valence-corrected chi connectivity index (χ3v) is 8.61. The zero-order valence-corrected chi connectivity index (χ0v) is 16.7. The molecule has 26 heavy (non-hydrogen) atoms. The van der Waals surface area contributed by atoms with Crippen molar-refractivity contribution in [3.63, 3.8) is 0 Å². The van der Waals surface area contributed by atoms with Crippen molar-refractivity contribution in [2.24, 2.45) is 10.4 Å². The van der Waals surface area contributed by atoms with Gasteiger partial charge in [-0.3, -0.25) is 14.1 Å². The summed E-state index contributed by atoms with van der Waals surface area (Å²) < 4.78 is 52.5. The normalized spacial score (nSPS) is 22.0. The molecule has 0 saturated carbocycles. The Morgan fingerprint density at radius 1 is 1.19 bits per heavy atom. The van der Waals surface area contributed by atoms with Crippen LogP contribution in [-0.2, 0) is 24.8 Å². The summed E-state index contributed by atoms with van der Waals surface area (Å²) in [4.78, 5) is 16.7. The third-order valence-electron chi connectivity index (χ3n) is 4.55. The summed E-state index contributed by atoms with van der Waals surface area (Å²) in [5.41, 5.74) is -0.487. The smallest absolute Gasteiger partial charge is 0.265 e. The summed E-state index contributed by atoms with van der Waals surface area (Å²) in [6.45, 7) is 7.06. The van der Waals surface area contributed by atoms with E-state index in [2.05, 4.69) is 4.99 Å². The molecule has 2 heterocycles. The van der Waals surface area contributed by atoms with Crippen molar-refractivity contribution in [3.8, 4) is 0 Å². The van der Waals surface area contributed by atoms with Crippen LogP contribution in [0.25, 0.3) is 0 Å². The van der Waals surface area contributed by atoms with Gasteiger partial charge in [-0.2, -0.15) is 0 Å². The molecule has 0 aromatic heterocycles. The van der Waals surface area contributed by atoms with Crippen LogP contribution in [0.5, 0.6) is 0 Å². The van der Waals surface area contributed by atoms with Gasteiger partial charge < -0.3 is 0 Å². The monoisotopic (exact) mass is 399 g/mol. The number of hydrogen-bond donors (Lipinski definition) is 0. The quantitative estimate of drug-likeness (QED) is 0.757. The number of aryl methyl sites for hydroxylation is 1. The van der Waals surface area contributed by atoms with Crippen LogP contribution in [0.2, 0.25) is 0 Å². The number of amides is 1. The van der Waals surface area contributed by atoms with Crippen LogP contribution < -0.4 is 4.31 Å². The van der Waals surface area contributed by atoms with Crippen LogP contribution >= 0.6 is 0 Å². The minimum atomic E-state index is -3.78. The first-order valence-electron chi connectivity index (χ1n) is 8.10. The van der Waals surface area contributed by atoms with Gasteiger partial charge >= 0.3 is 0 Å². The Bertz CT molecular complexity index is 1030. The standard InChI is InChI=1S/C16H21N3O5S2/c1-11-9-13(19-15(20)16(3,4)10-25(19,21)22)5-6-14(11)26(23,24)18-8-7-17-12(18)2/h5-6,9H,7-8,10H2,1-4H3. The van der Waals surface area contributed by atoms with Gasteiger partial charge in [-0.1, -0.05) is 0 Å². The molecule has 142 valence electrons. The lowest BCUT2D eigenvalue weighted by atomic mass is 9.95. The van der Waals surface area contributed by atoms with Crippen molar-refractivity contribution in [2.75, 3.05) is 23.1 Å². The highest BCUT2D eigenvalue weighted by Crippen LogP contribution is 2.37. The lowest BCUT2D eigenvalue weighted by Crippen LogP contribution is -2.34. The van der Waals surface area contributed by atoms with Crippen LogP contribution in [-0.4, -0.2) is 51.7 Å². The molecule has 1 aromatic carbocycles. The van der Waals surface area contributed by atoms with Crippen molar-refractivity contribution in [2.45, 2.75) is 32.6 Å². The molecule has 0 radical (unpaired) electrons. The van der Waals surface area contributed by atoms with Gasteiger partial charge in [-0.15, -0.1) is 0 Å². The van der Waals surface area contributed by atoms with Gasteiger partial charge in [0.05, 0.1) is 34.8 Å². The number of hydrogen-bond acceptors (Lipinski definition) is 6. The van der Waals surface area contributed by atoms with Gasteiger partial charge in [0.2, 0.25) is 15.9 Å². The molecule has 0 atom stereocenters. The molecule has 0 bridgehead atoms. The van der Waals surface area contributed by atoms with Crippen LogP contribution in [0.4, 0.5) is 5.69 Å². The maximum Gasteiger partial charge on any atom is 0.265 e. The number of carbonyl (C=O) groups excluding carboxylic acids is 1. The molecule has 0 unspecified atom stereocenters. The number of aliphatic imine (C=N–C) groups is 1. The maximum absolute atomic E-state index is 12.8. The van der Waals surface area contributed by atoms with Crippen molar-refractivity contribution in [1.29, 1.82) is 0 Å². The second-order valence-corrected chi connectivity index (χ2v) is 10.8. The summed E-state index contributed by atoms with van der Waals surface area (Å²) in [7, 11) is -7.56. The van der Waals surface area contributed by atoms with E-state index in [1.54, 1.807) is 27.7 Å². The summed E-state index contributed by atoms with van der Waals surface area (Å²) in [6, 6.07) is 4.13. The molecule has 3 rings (SSSR count). The van der Waals surface area contributed by atoms with E-state index in [-0.39, 0.29) is 22.9 Å².